The van der Waals surface area contributed by atoms with Gasteiger partial charge in [0.05, 0.1) is 17.3 Å². The second-order valence-corrected chi connectivity index (χ2v) is 6.54. The fraction of sp³-hybridized carbons (Fsp3) is 0.316. The molecule has 1 fully saturated rings. The van der Waals surface area contributed by atoms with Crippen molar-refractivity contribution in [1.82, 2.24) is 14.9 Å². The lowest BCUT2D eigenvalue weighted by atomic mass is 10.2. The Morgan fingerprint density at radius 1 is 1.31 bits per heavy atom. The lowest BCUT2D eigenvalue weighted by Crippen LogP contribution is -2.27. The van der Waals surface area contributed by atoms with Crippen LogP contribution in [0.25, 0.3) is 11.0 Å². The molecule has 0 atom stereocenters. The van der Waals surface area contributed by atoms with Crippen LogP contribution in [-0.2, 0) is 18.3 Å². The highest BCUT2D eigenvalue weighted by Gasteiger charge is 2.29. The molecule has 7 heteroatoms. The SMILES string of the molecule is Cn1c(CCNC(=O)C2CC2)nc2cc(NC(=O)c3ccco3)ccc21. The molecule has 1 aromatic carbocycles. The molecule has 1 aliphatic rings. The van der Waals surface area contributed by atoms with Crippen molar-refractivity contribution in [3.05, 3.63) is 48.2 Å². The summed E-state index contributed by atoms with van der Waals surface area (Å²) in [6, 6.07) is 8.88. The molecule has 2 aromatic heterocycles. The van der Waals surface area contributed by atoms with Crippen LogP contribution in [0.4, 0.5) is 5.69 Å². The van der Waals surface area contributed by atoms with E-state index in [0.717, 1.165) is 29.7 Å². The van der Waals surface area contributed by atoms with E-state index >= 15 is 0 Å². The standard InChI is InChI=1S/C19H20N4O3/c1-23-15-7-6-13(21-19(25)16-3-2-10-26-16)11-14(15)22-17(23)8-9-20-18(24)12-4-5-12/h2-3,6-7,10-12H,4-5,8-9H2,1H3,(H,20,24)(H,21,25). The molecule has 7 nitrogen and oxygen atoms in total. The predicted octanol–water partition coefficient (Wildman–Crippen LogP) is 2.49. The zero-order valence-corrected chi connectivity index (χ0v) is 14.5. The highest BCUT2D eigenvalue weighted by molar-refractivity contribution is 6.03. The second-order valence-electron chi connectivity index (χ2n) is 6.54. The number of carbonyl (C=O) groups excluding carboxylic acids is 2. The first kappa shape index (κ1) is 16.4. The lowest BCUT2D eigenvalue weighted by Gasteiger charge is -2.05. The number of benzene rings is 1. The maximum absolute atomic E-state index is 12.1. The predicted molar refractivity (Wildman–Crippen MR) is 96.8 cm³/mol. The van der Waals surface area contributed by atoms with Crippen LogP contribution in [0.15, 0.2) is 41.0 Å². The fourth-order valence-corrected chi connectivity index (χ4v) is 2.94. The number of imidazole rings is 1. The average molecular weight is 352 g/mol. The summed E-state index contributed by atoms with van der Waals surface area (Å²) >= 11 is 0. The summed E-state index contributed by atoms with van der Waals surface area (Å²) in [4.78, 5) is 28.4. The number of hydrogen-bond acceptors (Lipinski definition) is 4. The molecule has 2 N–H and O–H groups in total. The summed E-state index contributed by atoms with van der Waals surface area (Å²) in [5.41, 5.74) is 2.43. The monoisotopic (exact) mass is 352 g/mol. The van der Waals surface area contributed by atoms with Gasteiger partial charge in [0.15, 0.2) is 5.76 Å². The first-order chi connectivity index (χ1) is 12.6. The van der Waals surface area contributed by atoms with Crippen molar-refractivity contribution in [3.63, 3.8) is 0 Å². The van der Waals surface area contributed by atoms with Crippen molar-refractivity contribution < 1.29 is 14.0 Å². The number of aromatic nitrogens is 2. The lowest BCUT2D eigenvalue weighted by molar-refractivity contribution is -0.122. The number of nitrogens with zero attached hydrogens (tertiary/aromatic N) is 2. The molecule has 0 spiro atoms. The number of hydrogen-bond donors (Lipinski definition) is 2. The van der Waals surface area contributed by atoms with Gasteiger partial charge in [-0.15, -0.1) is 0 Å². The number of fused-ring (bicyclic) bond motifs is 1. The summed E-state index contributed by atoms with van der Waals surface area (Å²) in [5, 5.41) is 5.76. The third kappa shape index (κ3) is 3.33. The van der Waals surface area contributed by atoms with Crippen molar-refractivity contribution >= 4 is 28.5 Å². The molecule has 3 aromatic rings. The van der Waals surface area contributed by atoms with E-state index in [2.05, 4.69) is 15.6 Å². The third-order valence-electron chi connectivity index (χ3n) is 4.57. The quantitative estimate of drug-likeness (QED) is 0.713. The van der Waals surface area contributed by atoms with E-state index in [0.29, 0.717) is 18.7 Å². The number of furan rings is 1. The van der Waals surface area contributed by atoms with Crippen LogP contribution in [0.5, 0.6) is 0 Å². The minimum atomic E-state index is -0.298. The molecule has 0 bridgehead atoms. The van der Waals surface area contributed by atoms with E-state index in [-0.39, 0.29) is 23.5 Å². The number of aryl methyl sites for hydroxylation is 1. The summed E-state index contributed by atoms with van der Waals surface area (Å²) in [6.45, 7) is 0.578. The van der Waals surface area contributed by atoms with E-state index in [1.165, 1.54) is 6.26 Å². The Kier molecular flexibility index (Phi) is 4.20. The van der Waals surface area contributed by atoms with E-state index < -0.39 is 0 Å². The number of nitrogens with one attached hydrogen (secondary N) is 2. The zero-order chi connectivity index (χ0) is 18.1. The van der Waals surface area contributed by atoms with Gasteiger partial charge >= 0.3 is 0 Å². The molecule has 4 rings (SSSR count). The van der Waals surface area contributed by atoms with Crippen LogP contribution in [0.2, 0.25) is 0 Å². The van der Waals surface area contributed by atoms with E-state index in [9.17, 15) is 9.59 Å². The van der Waals surface area contributed by atoms with E-state index in [4.69, 9.17) is 4.42 Å². The van der Waals surface area contributed by atoms with Crippen molar-refractivity contribution in [2.24, 2.45) is 13.0 Å². The Hall–Kier alpha value is -3.09. The van der Waals surface area contributed by atoms with Crippen LogP contribution >= 0.6 is 0 Å². The highest BCUT2D eigenvalue weighted by atomic mass is 16.3. The molecule has 0 radical (unpaired) electrons. The number of rotatable bonds is 6. The Morgan fingerprint density at radius 2 is 2.15 bits per heavy atom. The van der Waals surface area contributed by atoms with Crippen molar-refractivity contribution in [2.75, 3.05) is 11.9 Å². The largest absolute Gasteiger partial charge is 0.459 e. The first-order valence-corrected chi connectivity index (χ1v) is 8.70. The van der Waals surface area contributed by atoms with Crippen LogP contribution in [0.1, 0.15) is 29.2 Å². The molecule has 1 aliphatic carbocycles. The summed E-state index contributed by atoms with van der Waals surface area (Å²) in [6.07, 6.45) is 4.14. The van der Waals surface area contributed by atoms with Crippen molar-refractivity contribution in [3.8, 4) is 0 Å². The Bertz CT molecular complexity index is 955. The molecular weight excluding hydrogens is 332 g/mol. The van der Waals surface area contributed by atoms with Gasteiger partial charge in [-0.2, -0.15) is 0 Å². The highest BCUT2D eigenvalue weighted by Crippen LogP contribution is 2.28. The Labute approximate surface area is 150 Å². The molecule has 2 heterocycles. The molecule has 2 amide bonds. The molecule has 26 heavy (non-hydrogen) atoms. The van der Waals surface area contributed by atoms with Gasteiger partial charge in [0.1, 0.15) is 5.82 Å². The zero-order valence-electron chi connectivity index (χ0n) is 14.5. The van der Waals surface area contributed by atoms with Crippen LogP contribution in [0.3, 0.4) is 0 Å². The van der Waals surface area contributed by atoms with Gasteiger partial charge in [0.25, 0.3) is 5.91 Å². The Balaban J connectivity index is 1.45. The summed E-state index contributed by atoms with van der Waals surface area (Å²) < 4.78 is 7.11. The van der Waals surface area contributed by atoms with Gasteiger partial charge in [0.2, 0.25) is 5.91 Å². The van der Waals surface area contributed by atoms with Gasteiger partial charge in [-0.05, 0) is 43.2 Å². The van der Waals surface area contributed by atoms with Gasteiger partial charge in [-0.3, -0.25) is 9.59 Å². The number of amides is 2. The van der Waals surface area contributed by atoms with Gasteiger partial charge in [-0.25, -0.2) is 4.98 Å². The van der Waals surface area contributed by atoms with Crippen molar-refractivity contribution in [1.29, 1.82) is 0 Å². The average Bonchev–Trinajstić information content (AvgIpc) is 3.25. The third-order valence-corrected chi connectivity index (χ3v) is 4.57. The van der Waals surface area contributed by atoms with Crippen LogP contribution in [0, 0.1) is 5.92 Å². The minimum absolute atomic E-state index is 0.145. The van der Waals surface area contributed by atoms with Gasteiger partial charge in [-0.1, -0.05) is 0 Å². The minimum Gasteiger partial charge on any atom is -0.459 e. The Morgan fingerprint density at radius 3 is 2.88 bits per heavy atom. The van der Waals surface area contributed by atoms with Crippen LogP contribution in [-0.4, -0.2) is 27.9 Å². The maximum Gasteiger partial charge on any atom is 0.291 e. The van der Waals surface area contributed by atoms with Gasteiger partial charge in [0, 0.05) is 31.6 Å². The topological polar surface area (TPSA) is 89.2 Å². The number of anilines is 1. The molecule has 0 saturated heterocycles. The van der Waals surface area contributed by atoms with Crippen molar-refractivity contribution in [2.45, 2.75) is 19.3 Å². The van der Waals surface area contributed by atoms with Crippen LogP contribution < -0.4 is 10.6 Å². The molecular formula is C19H20N4O3. The molecule has 134 valence electrons. The van der Waals surface area contributed by atoms with E-state index in [1.807, 2.05) is 29.8 Å². The summed E-state index contributed by atoms with van der Waals surface area (Å²) in [5.74, 6) is 1.22. The van der Waals surface area contributed by atoms with Gasteiger partial charge < -0.3 is 19.6 Å². The summed E-state index contributed by atoms with van der Waals surface area (Å²) in [7, 11) is 1.95. The molecule has 1 saturated carbocycles. The first-order valence-electron chi connectivity index (χ1n) is 8.70. The second kappa shape index (κ2) is 6.67. The number of carbonyl (C=O) groups is 2. The smallest absolute Gasteiger partial charge is 0.291 e. The normalized spacial score (nSPS) is 13.7. The fourth-order valence-electron chi connectivity index (χ4n) is 2.94. The maximum atomic E-state index is 12.1. The van der Waals surface area contributed by atoms with E-state index in [1.54, 1.807) is 12.1 Å². The molecule has 0 aliphatic heterocycles. The molecule has 0 unspecified atom stereocenters.